The van der Waals surface area contributed by atoms with Crippen molar-refractivity contribution in [2.75, 3.05) is 0 Å². The summed E-state index contributed by atoms with van der Waals surface area (Å²) in [6, 6.07) is 16.5. The molecule has 2 heterocycles. The molecule has 0 aliphatic carbocycles. The van der Waals surface area contributed by atoms with Gasteiger partial charge in [0.25, 0.3) is 0 Å². The van der Waals surface area contributed by atoms with Crippen LogP contribution in [0.5, 0.6) is 0 Å². The fraction of sp³-hybridized carbons (Fsp3) is 0. The summed E-state index contributed by atoms with van der Waals surface area (Å²) in [6.07, 6.45) is 0. The average molecular weight is 263 g/mol. The summed E-state index contributed by atoms with van der Waals surface area (Å²) in [5, 5.41) is 8.38. The van der Waals surface area contributed by atoms with Gasteiger partial charge >= 0.3 is 0 Å². The van der Waals surface area contributed by atoms with E-state index in [0.29, 0.717) is 0 Å². The molecule has 4 heteroatoms. The Bertz CT molecular complexity index is 869. The number of hydrogen-bond donors (Lipinski definition) is 0. The number of hydrogen-bond acceptors (Lipinski definition) is 4. The van der Waals surface area contributed by atoms with Gasteiger partial charge in [0.2, 0.25) is 0 Å². The Labute approximate surface area is 113 Å². The summed E-state index contributed by atoms with van der Waals surface area (Å²) in [4.78, 5) is 4.77. The van der Waals surface area contributed by atoms with Gasteiger partial charge in [0.1, 0.15) is 5.69 Å². The highest BCUT2D eigenvalue weighted by molar-refractivity contribution is 7.03. The first-order chi connectivity index (χ1) is 9.42. The Balaban J connectivity index is 2.12. The summed E-state index contributed by atoms with van der Waals surface area (Å²) in [5.41, 5.74) is 3.91. The highest BCUT2D eigenvalue weighted by Crippen LogP contribution is 2.28. The molecule has 19 heavy (non-hydrogen) atoms. The molecule has 2 aromatic heterocycles. The number of nitrogens with zero attached hydrogens (tertiary/aromatic N) is 3. The van der Waals surface area contributed by atoms with Gasteiger partial charge < -0.3 is 0 Å². The molecule has 0 radical (unpaired) electrons. The predicted molar refractivity (Wildman–Crippen MR) is 78.2 cm³/mol. The van der Waals surface area contributed by atoms with Gasteiger partial charge in [-0.3, -0.25) is 0 Å². The van der Waals surface area contributed by atoms with Crippen LogP contribution in [0.15, 0.2) is 53.9 Å². The lowest BCUT2D eigenvalue weighted by molar-refractivity contribution is 1.16. The highest BCUT2D eigenvalue weighted by atomic mass is 32.1. The van der Waals surface area contributed by atoms with Gasteiger partial charge in [0.15, 0.2) is 0 Å². The van der Waals surface area contributed by atoms with Gasteiger partial charge in [-0.2, -0.15) is 0 Å². The van der Waals surface area contributed by atoms with Crippen molar-refractivity contribution in [2.24, 2.45) is 0 Å². The Hall–Kier alpha value is -2.33. The molecule has 0 saturated carbocycles. The van der Waals surface area contributed by atoms with E-state index in [0.717, 1.165) is 33.1 Å². The van der Waals surface area contributed by atoms with Gasteiger partial charge in [-0.25, -0.2) is 4.98 Å². The zero-order chi connectivity index (χ0) is 12.7. The Morgan fingerprint density at radius 3 is 2.68 bits per heavy atom. The second kappa shape index (κ2) is 4.10. The normalized spacial score (nSPS) is 11.2. The van der Waals surface area contributed by atoms with Crippen molar-refractivity contribution < 1.29 is 0 Å². The third-order valence-electron chi connectivity index (χ3n) is 3.18. The first kappa shape index (κ1) is 10.6. The van der Waals surface area contributed by atoms with Crippen LogP contribution in [0.4, 0.5) is 0 Å². The summed E-state index contributed by atoms with van der Waals surface area (Å²) >= 11 is 1.36. The SMILES string of the molecule is c1ccc2nc3c(-c4csnn4)cccc3cc2c1. The number of para-hydroxylation sites is 2. The van der Waals surface area contributed by atoms with Crippen LogP contribution in [0.2, 0.25) is 0 Å². The summed E-state index contributed by atoms with van der Waals surface area (Å²) in [5.74, 6) is 0. The topological polar surface area (TPSA) is 38.7 Å². The lowest BCUT2D eigenvalue weighted by atomic mass is 10.1. The quantitative estimate of drug-likeness (QED) is 0.489. The van der Waals surface area contributed by atoms with Crippen LogP contribution in [0.1, 0.15) is 0 Å². The molecule has 0 fully saturated rings. The van der Waals surface area contributed by atoms with Crippen LogP contribution >= 0.6 is 11.5 Å². The first-order valence-electron chi connectivity index (χ1n) is 5.98. The Kier molecular flexibility index (Phi) is 2.28. The summed E-state index contributed by atoms with van der Waals surface area (Å²) in [7, 11) is 0. The molecular formula is C15H9N3S. The van der Waals surface area contributed by atoms with Gasteiger partial charge in [0.05, 0.1) is 11.0 Å². The Morgan fingerprint density at radius 2 is 1.79 bits per heavy atom. The minimum atomic E-state index is 0.887. The van der Waals surface area contributed by atoms with E-state index in [1.54, 1.807) is 0 Å². The minimum absolute atomic E-state index is 0.887. The first-order valence-corrected chi connectivity index (χ1v) is 6.81. The molecule has 0 atom stereocenters. The minimum Gasteiger partial charge on any atom is -0.247 e. The molecule has 0 aliphatic heterocycles. The zero-order valence-corrected chi connectivity index (χ0v) is 10.8. The third-order valence-corrected chi connectivity index (χ3v) is 3.69. The Morgan fingerprint density at radius 1 is 0.895 bits per heavy atom. The number of aromatic nitrogens is 3. The van der Waals surface area contributed by atoms with Crippen LogP contribution in [0.25, 0.3) is 33.1 Å². The number of rotatable bonds is 1. The molecular weight excluding hydrogens is 254 g/mol. The van der Waals surface area contributed by atoms with Crippen LogP contribution < -0.4 is 0 Å². The third kappa shape index (κ3) is 1.69. The number of fused-ring (bicyclic) bond motifs is 2. The molecule has 0 saturated heterocycles. The summed E-state index contributed by atoms with van der Waals surface area (Å²) < 4.78 is 3.93. The van der Waals surface area contributed by atoms with Crippen molar-refractivity contribution in [2.45, 2.75) is 0 Å². The van der Waals surface area contributed by atoms with E-state index in [4.69, 9.17) is 4.98 Å². The van der Waals surface area contributed by atoms with Crippen molar-refractivity contribution in [1.82, 2.24) is 14.6 Å². The van der Waals surface area contributed by atoms with Gasteiger partial charge in [-0.05, 0) is 23.7 Å². The van der Waals surface area contributed by atoms with Crippen molar-refractivity contribution in [1.29, 1.82) is 0 Å². The second-order valence-corrected chi connectivity index (χ2v) is 4.96. The fourth-order valence-electron chi connectivity index (χ4n) is 2.29. The maximum absolute atomic E-state index is 4.77. The van der Waals surface area contributed by atoms with E-state index < -0.39 is 0 Å². The lowest BCUT2D eigenvalue weighted by Crippen LogP contribution is -1.87. The van der Waals surface area contributed by atoms with E-state index in [2.05, 4.69) is 27.8 Å². The smallest absolute Gasteiger partial charge is 0.108 e. The molecule has 2 aromatic carbocycles. The van der Waals surface area contributed by atoms with Crippen LogP contribution in [0.3, 0.4) is 0 Å². The number of pyridine rings is 1. The highest BCUT2D eigenvalue weighted by Gasteiger charge is 2.08. The van der Waals surface area contributed by atoms with Crippen LogP contribution in [0, 0.1) is 0 Å². The van der Waals surface area contributed by atoms with Crippen LogP contribution in [-0.4, -0.2) is 14.6 Å². The number of benzene rings is 2. The van der Waals surface area contributed by atoms with E-state index in [1.807, 2.05) is 35.7 Å². The molecule has 0 aliphatic rings. The zero-order valence-electron chi connectivity index (χ0n) is 9.95. The van der Waals surface area contributed by atoms with Gasteiger partial charge in [0, 0.05) is 21.7 Å². The maximum atomic E-state index is 4.77. The van der Waals surface area contributed by atoms with Crippen molar-refractivity contribution in [3.63, 3.8) is 0 Å². The molecule has 0 unspecified atom stereocenters. The van der Waals surface area contributed by atoms with Crippen molar-refractivity contribution in [3.8, 4) is 11.3 Å². The molecule has 4 aromatic rings. The molecule has 0 amide bonds. The van der Waals surface area contributed by atoms with E-state index in [1.165, 1.54) is 11.5 Å². The molecule has 0 bridgehead atoms. The van der Waals surface area contributed by atoms with Gasteiger partial charge in [-0.1, -0.05) is 40.9 Å². The fourth-order valence-corrected chi connectivity index (χ4v) is 2.75. The second-order valence-electron chi connectivity index (χ2n) is 4.35. The maximum Gasteiger partial charge on any atom is 0.108 e. The molecule has 90 valence electrons. The average Bonchev–Trinajstić information content (AvgIpc) is 2.98. The van der Waals surface area contributed by atoms with E-state index in [9.17, 15) is 0 Å². The summed E-state index contributed by atoms with van der Waals surface area (Å²) in [6.45, 7) is 0. The largest absolute Gasteiger partial charge is 0.247 e. The van der Waals surface area contributed by atoms with Crippen molar-refractivity contribution >= 4 is 33.3 Å². The monoisotopic (exact) mass is 263 g/mol. The molecule has 4 rings (SSSR count). The van der Waals surface area contributed by atoms with Crippen molar-refractivity contribution in [3.05, 3.63) is 53.9 Å². The standard InChI is InChI=1S/C15H9N3S/c1-2-7-13-10(4-1)8-11-5-3-6-12(15(11)16-13)14-9-19-18-17-14/h1-9H. The van der Waals surface area contributed by atoms with Crippen LogP contribution in [-0.2, 0) is 0 Å². The van der Waals surface area contributed by atoms with Gasteiger partial charge in [-0.15, -0.1) is 5.10 Å². The molecule has 0 spiro atoms. The molecule has 0 N–H and O–H groups in total. The lowest BCUT2D eigenvalue weighted by Gasteiger charge is -2.05. The van der Waals surface area contributed by atoms with E-state index >= 15 is 0 Å². The molecule has 3 nitrogen and oxygen atoms in total. The predicted octanol–water partition coefficient (Wildman–Crippen LogP) is 3.91. The van der Waals surface area contributed by atoms with E-state index in [-0.39, 0.29) is 0 Å².